The Morgan fingerprint density at radius 3 is 2.96 bits per heavy atom. The number of furan rings is 1. The highest BCUT2D eigenvalue weighted by Gasteiger charge is 2.16. The van der Waals surface area contributed by atoms with Crippen molar-refractivity contribution in [3.05, 3.63) is 41.7 Å². The average molecular weight is 390 g/mol. The minimum Gasteiger partial charge on any atom is -0.467 e. The number of thioether (sulfide) groups is 1. The van der Waals surface area contributed by atoms with E-state index in [1.807, 2.05) is 16.7 Å². The van der Waals surface area contributed by atoms with Crippen molar-refractivity contribution in [1.29, 1.82) is 0 Å². The molecule has 3 rings (SSSR count). The largest absolute Gasteiger partial charge is 0.467 e. The van der Waals surface area contributed by atoms with Crippen LogP contribution in [0.25, 0.3) is 0 Å². The molecule has 9 nitrogen and oxygen atoms in total. The molecule has 0 bridgehead atoms. The van der Waals surface area contributed by atoms with Crippen LogP contribution in [0.5, 0.6) is 0 Å². The molecule has 144 valence electrons. The first-order chi connectivity index (χ1) is 13.2. The van der Waals surface area contributed by atoms with Crippen LogP contribution in [-0.4, -0.2) is 30.8 Å². The number of rotatable bonds is 11. The van der Waals surface area contributed by atoms with Crippen molar-refractivity contribution in [1.82, 2.24) is 24.9 Å². The van der Waals surface area contributed by atoms with Crippen LogP contribution < -0.4 is 5.73 Å². The first kappa shape index (κ1) is 19.2. The molecule has 0 radical (unpaired) electrons. The molecule has 0 atom stereocenters. The van der Waals surface area contributed by atoms with E-state index in [0.29, 0.717) is 35.6 Å². The molecule has 0 fully saturated rings. The van der Waals surface area contributed by atoms with Crippen molar-refractivity contribution < 1.29 is 13.7 Å². The van der Waals surface area contributed by atoms with E-state index in [2.05, 4.69) is 27.3 Å². The summed E-state index contributed by atoms with van der Waals surface area (Å²) >= 11 is 1.45. The van der Waals surface area contributed by atoms with Crippen molar-refractivity contribution >= 4 is 17.7 Å². The topological polar surface area (TPSA) is 126 Å². The fraction of sp³-hybridized carbons (Fsp3) is 0.471. The maximum absolute atomic E-state index is 11.1. The lowest BCUT2D eigenvalue weighted by atomic mass is 10.2. The summed E-state index contributed by atoms with van der Waals surface area (Å²) in [5.74, 6) is 2.86. The Kier molecular flexibility index (Phi) is 6.64. The lowest BCUT2D eigenvalue weighted by Crippen LogP contribution is -2.14. The monoisotopic (exact) mass is 390 g/mol. The smallest absolute Gasteiger partial charge is 0.237 e. The predicted octanol–water partition coefficient (Wildman–Crippen LogP) is 2.36. The minimum atomic E-state index is -0.373. The van der Waals surface area contributed by atoms with E-state index in [1.54, 1.807) is 6.26 Å². The summed E-state index contributed by atoms with van der Waals surface area (Å²) < 4.78 is 12.6. The molecule has 0 aromatic carbocycles. The van der Waals surface area contributed by atoms with Gasteiger partial charge in [-0.25, -0.2) is 0 Å². The van der Waals surface area contributed by atoms with Crippen LogP contribution >= 0.6 is 11.8 Å². The molecule has 0 saturated heterocycles. The zero-order valence-corrected chi connectivity index (χ0v) is 15.9. The van der Waals surface area contributed by atoms with Gasteiger partial charge in [0.25, 0.3) is 0 Å². The van der Waals surface area contributed by atoms with Crippen LogP contribution in [0.2, 0.25) is 0 Å². The van der Waals surface area contributed by atoms with E-state index in [9.17, 15) is 4.79 Å². The van der Waals surface area contributed by atoms with Gasteiger partial charge in [0.2, 0.25) is 11.8 Å². The fourth-order valence-electron chi connectivity index (χ4n) is 2.47. The highest BCUT2D eigenvalue weighted by molar-refractivity contribution is 7.98. The van der Waals surface area contributed by atoms with E-state index >= 15 is 0 Å². The van der Waals surface area contributed by atoms with Crippen LogP contribution in [0.3, 0.4) is 0 Å². The maximum Gasteiger partial charge on any atom is 0.237 e. The molecule has 3 heterocycles. The van der Waals surface area contributed by atoms with Gasteiger partial charge >= 0.3 is 0 Å². The van der Waals surface area contributed by atoms with Crippen molar-refractivity contribution in [3.8, 4) is 0 Å². The van der Waals surface area contributed by atoms with Crippen molar-refractivity contribution in [2.24, 2.45) is 5.73 Å². The van der Waals surface area contributed by atoms with Gasteiger partial charge in [-0.3, -0.25) is 9.36 Å². The average Bonchev–Trinajstić information content (AvgIpc) is 3.39. The molecule has 3 aromatic rings. The summed E-state index contributed by atoms with van der Waals surface area (Å²) in [5, 5.41) is 13.1. The first-order valence-electron chi connectivity index (χ1n) is 8.82. The van der Waals surface area contributed by atoms with Crippen molar-refractivity contribution in [2.45, 2.75) is 56.5 Å². The van der Waals surface area contributed by atoms with E-state index in [4.69, 9.17) is 14.7 Å². The second-order valence-corrected chi connectivity index (χ2v) is 6.97. The molecular formula is C17H22N6O3S. The number of amides is 1. The predicted molar refractivity (Wildman–Crippen MR) is 97.8 cm³/mol. The van der Waals surface area contributed by atoms with Gasteiger partial charge in [-0.1, -0.05) is 30.3 Å². The molecule has 0 aliphatic heterocycles. The Labute approximate surface area is 160 Å². The fourth-order valence-corrected chi connectivity index (χ4v) is 3.27. The Morgan fingerprint density at radius 2 is 2.22 bits per heavy atom. The van der Waals surface area contributed by atoms with E-state index < -0.39 is 0 Å². The van der Waals surface area contributed by atoms with Gasteiger partial charge in [-0.2, -0.15) is 4.98 Å². The number of aryl methyl sites for hydroxylation is 2. The molecule has 0 unspecified atom stereocenters. The van der Waals surface area contributed by atoms with Crippen molar-refractivity contribution in [2.75, 3.05) is 0 Å². The van der Waals surface area contributed by atoms with E-state index in [1.165, 1.54) is 11.8 Å². The van der Waals surface area contributed by atoms with Gasteiger partial charge in [-0.05, 0) is 18.6 Å². The van der Waals surface area contributed by atoms with Gasteiger partial charge in [0.05, 0.1) is 18.6 Å². The molecular weight excluding hydrogens is 368 g/mol. The maximum atomic E-state index is 11.1. The molecule has 1 amide bonds. The molecule has 2 N–H and O–H groups in total. The zero-order chi connectivity index (χ0) is 19.1. The molecule has 0 saturated carbocycles. The molecule has 0 aliphatic carbocycles. The number of primary amides is 1. The Bertz CT molecular complexity index is 858. The van der Waals surface area contributed by atoms with Gasteiger partial charge < -0.3 is 14.7 Å². The standard InChI is InChI=1S/C17H22N6O3S/c1-2-3-6-14-19-16(26-22-14)11-27-17-21-20-15(8-7-13(18)24)23(17)10-12-5-4-9-25-12/h4-5,9H,2-3,6-8,10-11H2,1H3,(H2,18,24). The van der Waals surface area contributed by atoms with Gasteiger partial charge in [0, 0.05) is 19.3 Å². The number of nitrogens with zero attached hydrogens (tertiary/aromatic N) is 5. The highest BCUT2D eigenvalue weighted by Crippen LogP contribution is 2.23. The lowest BCUT2D eigenvalue weighted by molar-refractivity contribution is -0.118. The third-order valence-electron chi connectivity index (χ3n) is 3.87. The third kappa shape index (κ3) is 5.43. The van der Waals surface area contributed by atoms with Crippen LogP contribution in [0.4, 0.5) is 0 Å². The lowest BCUT2D eigenvalue weighted by Gasteiger charge is -2.07. The summed E-state index contributed by atoms with van der Waals surface area (Å²) in [5.41, 5.74) is 5.26. The summed E-state index contributed by atoms with van der Waals surface area (Å²) in [6, 6.07) is 3.70. The Morgan fingerprint density at radius 1 is 1.33 bits per heavy atom. The number of carbonyl (C=O) groups is 1. The quantitative estimate of drug-likeness (QED) is 0.494. The van der Waals surface area contributed by atoms with Gasteiger partial charge in [0.15, 0.2) is 11.0 Å². The minimum absolute atomic E-state index is 0.214. The van der Waals surface area contributed by atoms with Crippen LogP contribution in [0.15, 0.2) is 32.5 Å². The van der Waals surface area contributed by atoms with Crippen molar-refractivity contribution in [3.63, 3.8) is 0 Å². The number of carbonyl (C=O) groups excluding carboxylic acids is 1. The van der Waals surface area contributed by atoms with Crippen LogP contribution in [0.1, 0.15) is 49.5 Å². The SMILES string of the molecule is CCCCc1noc(CSc2nnc(CCC(N)=O)n2Cc2ccco2)n1. The molecule has 0 aliphatic rings. The summed E-state index contributed by atoms with van der Waals surface area (Å²) in [7, 11) is 0. The number of hydrogen-bond donors (Lipinski definition) is 1. The highest BCUT2D eigenvalue weighted by atomic mass is 32.2. The first-order valence-corrected chi connectivity index (χ1v) is 9.81. The van der Waals surface area contributed by atoms with E-state index in [0.717, 1.165) is 30.8 Å². The number of hydrogen-bond acceptors (Lipinski definition) is 8. The summed E-state index contributed by atoms with van der Waals surface area (Å²) in [6.45, 7) is 2.60. The number of aromatic nitrogens is 5. The molecule has 10 heteroatoms. The summed E-state index contributed by atoms with van der Waals surface area (Å²) in [6.07, 6.45) is 5.19. The zero-order valence-electron chi connectivity index (χ0n) is 15.1. The number of nitrogens with two attached hydrogens (primary N) is 1. The van der Waals surface area contributed by atoms with Crippen LogP contribution in [-0.2, 0) is 29.9 Å². The van der Waals surface area contributed by atoms with E-state index in [-0.39, 0.29) is 12.3 Å². The Hall–Kier alpha value is -2.62. The molecule has 27 heavy (non-hydrogen) atoms. The molecule has 0 spiro atoms. The van der Waals surface area contributed by atoms with Crippen LogP contribution in [0, 0.1) is 0 Å². The second-order valence-electron chi connectivity index (χ2n) is 6.03. The second kappa shape index (κ2) is 9.36. The normalized spacial score (nSPS) is 11.1. The van der Waals surface area contributed by atoms with Gasteiger partial charge in [-0.15, -0.1) is 10.2 Å². The molecule has 3 aromatic heterocycles. The third-order valence-corrected chi connectivity index (χ3v) is 4.82. The Balaban J connectivity index is 1.69. The number of unbranched alkanes of at least 4 members (excludes halogenated alkanes) is 1. The summed E-state index contributed by atoms with van der Waals surface area (Å²) in [4.78, 5) is 15.5. The van der Waals surface area contributed by atoms with Gasteiger partial charge in [0.1, 0.15) is 11.6 Å².